The molecule has 14 heteroatoms. The lowest BCUT2D eigenvalue weighted by molar-refractivity contribution is -0.421. The first-order valence-electron chi connectivity index (χ1n) is 22.6. The van der Waals surface area contributed by atoms with E-state index in [1.165, 1.54) is 11.5 Å². The van der Waals surface area contributed by atoms with Gasteiger partial charge in [0.25, 0.3) is 5.97 Å². The zero-order chi connectivity index (χ0) is 40.8. The number of fused-ring (bicyclic) bond motifs is 5. The minimum absolute atomic E-state index is 0.0469. The van der Waals surface area contributed by atoms with Crippen LogP contribution in [0.25, 0.3) is 0 Å². The summed E-state index contributed by atoms with van der Waals surface area (Å²) in [4.78, 5) is 14.5. The van der Waals surface area contributed by atoms with Crippen LogP contribution in [0.2, 0.25) is 0 Å². The lowest BCUT2D eigenvalue weighted by atomic mass is 9.42. The number of ether oxygens (including phenoxy) is 7. The lowest BCUT2D eigenvalue weighted by Gasteiger charge is -2.65. The summed E-state index contributed by atoms with van der Waals surface area (Å²) < 4.78 is 43.2. The van der Waals surface area contributed by atoms with Crippen LogP contribution in [0.3, 0.4) is 0 Å². The van der Waals surface area contributed by atoms with Gasteiger partial charge in [0, 0.05) is 61.4 Å². The van der Waals surface area contributed by atoms with Gasteiger partial charge in [-0.05, 0) is 113 Å². The summed E-state index contributed by atoms with van der Waals surface area (Å²) in [6, 6.07) is 0.619. The number of cyclic esters (lactones) is 1. The van der Waals surface area contributed by atoms with Crippen LogP contribution in [0.4, 0.5) is 0 Å². The van der Waals surface area contributed by atoms with E-state index in [2.05, 4.69) is 18.7 Å². The van der Waals surface area contributed by atoms with Gasteiger partial charge in [-0.15, -0.1) is 0 Å². The Balaban J connectivity index is 0.761. The van der Waals surface area contributed by atoms with E-state index in [1.54, 1.807) is 6.08 Å². The first kappa shape index (κ1) is 42.4. The SMILES string of the molecule is CC1CN(C2CSC2)CCC(O[C@H]2[C@@H](O)C[C@H](O[C@H]3CC[C@@](O)(O[C@H]4CC[C@@]5(C)[C@H](CC[C@@H]6[C@@H]5C[C@@H](O)[C@]5(C)[C@@H](C7=CC(=O)OC7)CC[C@]65O)C4)O[C@@H]3C)O[C@@H]2C)O1. The number of esters is 1. The maximum atomic E-state index is 12.6. The summed E-state index contributed by atoms with van der Waals surface area (Å²) in [6.07, 6.45) is 5.23. The highest BCUT2D eigenvalue weighted by atomic mass is 32.2. The number of hydrogen-bond acceptors (Lipinski definition) is 14. The molecular formula is C44H69NO12S. The van der Waals surface area contributed by atoms with Crippen LogP contribution in [0, 0.1) is 34.5 Å². The van der Waals surface area contributed by atoms with Gasteiger partial charge in [-0.2, -0.15) is 11.8 Å². The molecule has 9 rings (SSSR count). The van der Waals surface area contributed by atoms with Crippen molar-refractivity contribution in [3.05, 3.63) is 11.6 Å². The Morgan fingerprint density at radius 1 is 0.862 bits per heavy atom. The number of carbonyl (C=O) groups is 1. The first-order chi connectivity index (χ1) is 27.6. The molecule has 0 aromatic rings. The summed E-state index contributed by atoms with van der Waals surface area (Å²) in [6.45, 7) is 12.3. The van der Waals surface area contributed by atoms with Crippen LogP contribution < -0.4 is 0 Å². The van der Waals surface area contributed by atoms with E-state index >= 15 is 0 Å². The molecule has 2 unspecified atom stereocenters. The third-order valence-electron chi connectivity index (χ3n) is 17.0. The van der Waals surface area contributed by atoms with Gasteiger partial charge in [0.15, 0.2) is 12.6 Å². The fraction of sp³-hybridized carbons (Fsp3) is 0.932. The molecular weight excluding hydrogens is 767 g/mol. The third-order valence-corrected chi connectivity index (χ3v) is 18.2. The van der Waals surface area contributed by atoms with E-state index in [4.69, 9.17) is 33.2 Å². The molecule has 9 aliphatic rings. The van der Waals surface area contributed by atoms with Gasteiger partial charge in [-0.3, -0.25) is 4.90 Å². The summed E-state index contributed by atoms with van der Waals surface area (Å²) in [5.41, 5.74) is -0.903. The number of hydrogen-bond donors (Lipinski definition) is 4. The molecule has 4 aliphatic carbocycles. The number of aliphatic hydroxyl groups excluding tert-OH is 2. The van der Waals surface area contributed by atoms with Crippen LogP contribution in [-0.2, 0) is 38.0 Å². The third kappa shape index (κ3) is 7.46. The Labute approximate surface area is 348 Å². The van der Waals surface area contributed by atoms with Gasteiger partial charge in [0.1, 0.15) is 12.7 Å². The second-order valence-electron chi connectivity index (χ2n) is 20.2. The fourth-order valence-corrected chi connectivity index (χ4v) is 14.4. The zero-order valence-corrected chi connectivity index (χ0v) is 36.0. The molecule has 0 spiro atoms. The highest BCUT2D eigenvalue weighted by Crippen LogP contribution is 2.70. The van der Waals surface area contributed by atoms with Crippen molar-refractivity contribution < 1.29 is 58.4 Å². The number of aliphatic hydroxyl groups is 4. The number of thioether (sulfide) groups is 1. The molecule has 58 heavy (non-hydrogen) atoms. The highest BCUT2D eigenvalue weighted by Gasteiger charge is 2.71. The molecule has 0 radical (unpaired) electrons. The van der Waals surface area contributed by atoms with Crippen molar-refractivity contribution in [2.24, 2.45) is 34.5 Å². The Hall–Kier alpha value is -0.880. The van der Waals surface area contributed by atoms with Crippen LogP contribution in [0.1, 0.15) is 112 Å². The highest BCUT2D eigenvalue weighted by molar-refractivity contribution is 8.00. The van der Waals surface area contributed by atoms with Gasteiger partial charge >= 0.3 is 5.97 Å². The fourth-order valence-electron chi connectivity index (χ4n) is 13.6. The smallest absolute Gasteiger partial charge is 0.331 e. The van der Waals surface area contributed by atoms with E-state index in [0.29, 0.717) is 31.2 Å². The normalized spacial score (nSPS) is 52.8. The van der Waals surface area contributed by atoms with E-state index in [-0.39, 0.29) is 66.9 Å². The molecule has 0 amide bonds. The van der Waals surface area contributed by atoms with Gasteiger partial charge in [0.05, 0.1) is 48.3 Å². The van der Waals surface area contributed by atoms with Crippen molar-refractivity contribution in [3.63, 3.8) is 0 Å². The summed E-state index contributed by atoms with van der Waals surface area (Å²) in [5, 5.41) is 47.4. The standard InChI is InChI=1S/C44H69NO12S/c1-24-20-45(29-22-58-23-29)15-11-38(52-24)55-40-26(3)53-39(19-34(40)46)54-35-10-14-44(50,56-25(35)2)57-30-8-12-41(4)28(17-30)6-7-32-33(41)18-36(47)42(5)31(9-13-43(32,42)49)27-16-37(48)51-21-27/h16,24-26,28-36,38-40,46-47,49-50H,6-15,17-23H2,1-5H3/t24?,25-,26-,28-,30+,31-,32-,33+,34+,35+,36-,38?,39+,40-,41+,42+,43+,44+/m1/s1. The Morgan fingerprint density at radius 2 is 1.67 bits per heavy atom. The van der Waals surface area contributed by atoms with Crippen molar-refractivity contribution in [1.29, 1.82) is 0 Å². The minimum Gasteiger partial charge on any atom is -0.458 e. The molecule has 13 nitrogen and oxygen atoms in total. The predicted molar refractivity (Wildman–Crippen MR) is 213 cm³/mol. The van der Waals surface area contributed by atoms with Crippen molar-refractivity contribution in [1.82, 2.24) is 4.90 Å². The van der Waals surface area contributed by atoms with Gasteiger partial charge < -0.3 is 53.6 Å². The summed E-state index contributed by atoms with van der Waals surface area (Å²) in [5.74, 6) is 0.790. The molecule has 4 saturated carbocycles. The quantitative estimate of drug-likeness (QED) is 0.156. The van der Waals surface area contributed by atoms with Gasteiger partial charge in [0.2, 0.25) is 0 Å². The molecule has 5 aliphatic heterocycles. The van der Waals surface area contributed by atoms with Crippen molar-refractivity contribution in [2.75, 3.05) is 31.2 Å². The maximum Gasteiger partial charge on any atom is 0.331 e. The molecule has 0 aromatic carbocycles. The Bertz CT molecular complexity index is 1540. The van der Waals surface area contributed by atoms with Gasteiger partial charge in [-0.25, -0.2) is 4.79 Å². The lowest BCUT2D eigenvalue weighted by Crippen LogP contribution is -2.67. The number of carbonyl (C=O) groups excluding carboxylic acids is 1. The molecule has 8 fully saturated rings. The van der Waals surface area contributed by atoms with E-state index in [1.807, 2.05) is 32.5 Å². The summed E-state index contributed by atoms with van der Waals surface area (Å²) >= 11 is 1.98. The second kappa shape index (κ2) is 16.0. The van der Waals surface area contributed by atoms with Crippen LogP contribution in [-0.4, -0.2) is 142 Å². The second-order valence-corrected chi connectivity index (χ2v) is 21.2. The van der Waals surface area contributed by atoms with E-state index in [0.717, 1.165) is 63.6 Å². The largest absolute Gasteiger partial charge is 0.458 e. The topological polar surface area (TPSA) is 166 Å². The van der Waals surface area contributed by atoms with Gasteiger partial charge in [-0.1, -0.05) is 13.8 Å². The summed E-state index contributed by atoms with van der Waals surface area (Å²) in [7, 11) is 0. The van der Waals surface area contributed by atoms with Crippen molar-refractivity contribution >= 4 is 17.7 Å². The van der Waals surface area contributed by atoms with Crippen LogP contribution in [0.15, 0.2) is 11.6 Å². The van der Waals surface area contributed by atoms with E-state index < -0.39 is 60.1 Å². The molecule has 4 saturated heterocycles. The molecule has 0 aromatic heterocycles. The molecule has 4 N–H and O–H groups in total. The van der Waals surface area contributed by atoms with Crippen LogP contribution in [0.5, 0.6) is 0 Å². The maximum absolute atomic E-state index is 12.6. The monoisotopic (exact) mass is 835 g/mol. The average molecular weight is 836 g/mol. The Morgan fingerprint density at radius 3 is 2.38 bits per heavy atom. The minimum atomic E-state index is -1.73. The zero-order valence-electron chi connectivity index (χ0n) is 35.2. The first-order valence-corrected chi connectivity index (χ1v) is 23.7. The van der Waals surface area contributed by atoms with Crippen molar-refractivity contribution in [3.8, 4) is 0 Å². The molecule has 5 heterocycles. The Kier molecular flexibility index (Phi) is 11.7. The van der Waals surface area contributed by atoms with E-state index in [9.17, 15) is 25.2 Å². The molecule has 18 atom stereocenters. The average Bonchev–Trinajstić information content (AvgIpc) is 3.63. The number of rotatable bonds is 8. The van der Waals surface area contributed by atoms with Crippen molar-refractivity contribution in [2.45, 2.75) is 191 Å². The molecule has 328 valence electrons. The number of nitrogens with zero attached hydrogens (tertiary/aromatic N) is 1. The van der Waals surface area contributed by atoms with Crippen LogP contribution >= 0.6 is 11.8 Å². The molecule has 0 bridgehead atoms. The predicted octanol–water partition coefficient (Wildman–Crippen LogP) is 4.26.